The molecule has 1 amide bonds. The molecule has 0 atom stereocenters. The van der Waals surface area contributed by atoms with Crippen LogP contribution in [0.1, 0.15) is 17.8 Å². The highest BCUT2D eigenvalue weighted by atomic mass is 127. The first-order chi connectivity index (χ1) is 8.63. The fourth-order valence-corrected chi connectivity index (χ4v) is 2.45. The lowest BCUT2D eigenvalue weighted by molar-refractivity contribution is -0.116. The van der Waals surface area contributed by atoms with Crippen molar-refractivity contribution in [2.75, 3.05) is 5.32 Å². The van der Waals surface area contributed by atoms with E-state index in [-0.39, 0.29) is 5.91 Å². The summed E-state index contributed by atoms with van der Waals surface area (Å²) in [5, 5.41) is 16.0. The quantitative estimate of drug-likeness (QED) is 0.810. The highest BCUT2D eigenvalue weighted by Crippen LogP contribution is 2.14. The fraction of sp³-hybridized carbons (Fsp3) is 0.400. The monoisotopic (exact) mass is 377 g/mol. The summed E-state index contributed by atoms with van der Waals surface area (Å²) in [6.45, 7) is 2.60. The van der Waals surface area contributed by atoms with E-state index in [1.807, 2.05) is 17.8 Å². The normalized spacial score (nSPS) is 10.6. The van der Waals surface area contributed by atoms with Crippen LogP contribution in [0, 0.1) is 10.5 Å². The molecule has 1 N–H and O–H groups in total. The number of rotatable bonds is 5. The van der Waals surface area contributed by atoms with Crippen LogP contribution >= 0.6 is 33.9 Å². The minimum atomic E-state index is -0.0343. The van der Waals surface area contributed by atoms with Gasteiger partial charge in [-0.25, -0.2) is 0 Å². The molecule has 8 heteroatoms. The minimum absolute atomic E-state index is 0.0343. The van der Waals surface area contributed by atoms with E-state index < -0.39 is 0 Å². The third-order valence-corrected chi connectivity index (χ3v) is 3.48. The Kier molecular flexibility index (Phi) is 4.64. The summed E-state index contributed by atoms with van der Waals surface area (Å²) in [4.78, 5) is 11.6. The predicted molar refractivity (Wildman–Crippen MR) is 77.5 cm³/mol. The Morgan fingerprint density at radius 1 is 1.56 bits per heavy atom. The molecule has 0 aliphatic rings. The van der Waals surface area contributed by atoms with Crippen LogP contribution in [0.5, 0.6) is 0 Å². The third-order valence-electron chi connectivity index (χ3n) is 2.17. The van der Waals surface area contributed by atoms with Crippen molar-refractivity contribution in [2.24, 2.45) is 0 Å². The molecule has 0 aliphatic carbocycles. The summed E-state index contributed by atoms with van der Waals surface area (Å²) >= 11 is 3.58. The Bertz CT molecular complexity index is 538. The second kappa shape index (κ2) is 6.23. The van der Waals surface area contributed by atoms with Crippen LogP contribution in [0.15, 0.2) is 12.4 Å². The highest BCUT2D eigenvalue weighted by molar-refractivity contribution is 14.1. The minimum Gasteiger partial charge on any atom is -0.301 e. The molecular formula is C10H12IN5OS. The maximum absolute atomic E-state index is 11.6. The van der Waals surface area contributed by atoms with Gasteiger partial charge in [-0.3, -0.25) is 9.48 Å². The summed E-state index contributed by atoms with van der Waals surface area (Å²) in [7, 11) is 0. The zero-order valence-corrected chi connectivity index (χ0v) is 12.7. The Labute approximate surface area is 122 Å². The topological polar surface area (TPSA) is 72.7 Å². The molecule has 0 saturated heterocycles. The van der Waals surface area contributed by atoms with E-state index in [1.165, 1.54) is 11.3 Å². The zero-order valence-electron chi connectivity index (χ0n) is 9.76. The van der Waals surface area contributed by atoms with Gasteiger partial charge < -0.3 is 5.32 Å². The largest absolute Gasteiger partial charge is 0.301 e. The second-order valence-corrected chi connectivity index (χ2v) is 6.13. The fourth-order valence-electron chi connectivity index (χ4n) is 1.39. The van der Waals surface area contributed by atoms with Gasteiger partial charge in [0.05, 0.1) is 9.77 Å². The number of amides is 1. The molecule has 2 aromatic rings. The summed E-state index contributed by atoms with van der Waals surface area (Å²) in [6, 6.07) is 0. The molecule has 0 aromatic carbocycles. The standard InChI is InChI=1S/C10H12IN5OS/c1-7-14-15-10(18-7)13-9(17)3-2-4-16-6-8(11)5-12-16/h5-6H,2-4H2,1H3,(H,13,15,17). The molecular weight excluding hydrogens is 365 g/mol. The Hall–Kier alpha value is -1.03. The summed E-state index contributed by atoms with van der Waals surface area (Å²) in [6.07, 6.45) is 4.95. The molecule has 18 heavy (non-hydrogen) atoms. The third kappa shape index (κ3) is 4.02. The number of aromatic nitrogens is 4. The van der Waals surface area contributed by atoms with Gasteiger partial charge in [-0.15, -0.1) is 10.2 Å². The first-order valence-corrected chi connectivity index (χ1v) is 7.31. The molecule has 2 heterocycles. The average Bonchev–Trinajstić information content (AvgIpc) is 2.88. The van der Waals surface area contributed by atoms with Gasteiger partial charge in [-0.2, -0.15) is 5.10 Å². The number of nitrogens with one attached hydrogen (secondary N) is 1. The van der Waals surface area contributed by atoms with Crippen molar-refractivity contribution in [2.45, 2.75) is 26.3 Å². The van der Waals surface area contributed by atoms with Crippen molar-refractivity contribution < 1.29 is 4.79 Å². The molecule has 0 unspecified atom stereocenters. The van der Waals surface area contributed by atoms with Gasteiger partial charge in [0.25, 0.3) is 0 Å². The lowest BCUT2D eigenvalue weighted by atomic mass is 10.3. The van der Waals surface area contributed by atoms with Crippen molar-refractivity contribution in [3.8, 4) is 0 Å². The van der Waals surface area contributed by atoms with Crippen molar-refractivity contribution in [3.63, 3.8) is 0 Å². The Morgan fingerprint density at radius 2 is 2.39 bits per heavy atom. The van der Waals surface area contributed by atoms with Crippen molar-refractivity contribution in [1.82, 2.24) is 20.0 Å². The van der Waals surface area contributed by atoms with Crippen molar-refractivity contribution in [1.29, 1.82) is 0 Å². The van der Waals surface area contributed by atoms with Gasteiger partial charge in [-0.05, 0) is 35.9 Å². The van der Waals surface area contributed by atoms with Crippen LogP contribution in [0.2, 0.25) is 0 Å². The summed E-state index contributed by atoms with van der Waals surface area (Å²) < 4.78 is 2.94. The van der Waals surface area contributed by atoms with Crippen LogP contribution < -0.4 is 5.32 Å². The number of hydrogen-bond acceptors (Lipinski definition) is 5. The van der Waals surface area contributed by atoms with Crippen LogP contribution in [-0.4, -0.2) is 25.9 Å². The molecule has 6 nitrogen and oxygen atoms in total. The van der Waals surface area contributed by atoms with E-state index in [4.69, 9.17) is 0 Å². The Balaban J connectivity index is 1.72. The van der Waals surface area contributed by atoms with Crippen LogP contribution in [0.3, 0.4) is 0 Å². The smallest absolute Gasteiger partial charge is 0.226 e. The lowest BCUT2D eigenvalue weighted by Gasteiger charge is -2.01. The van der Waals surface area contributed by atoms with Crippen LogP contribution in [0.4, 0.5) is 5.13 Å². The van der Waals surface area contributed by atoms with E-state index in [9.17, 15) is 4.79 Å². The van der Waals surface area contributed by atoms with Crippen molar-refractivity contribution in [3.05, 3.63) is 21.0 Å². The first-order valence-electron chi connectivity index (χ1n) is 5.41. The van der Waals surface area contributed by atoms with E-state index in [0.717, 1.165) is 21.5 Å². The molecule has 0 radical (unpaired) electrons. The van der Waals surface area contributed by atoms with Gasteiger partial charge >= 0.3 is 0 Å². The number of carbonyl (C=O) groups is 1. The predicted octanol–water partition coefficient (Wildman–Crippen LogP) is 2.07. The molecule has 0 spiro atoms. The molecule has 0 saturated carbocycles. The van der Waals surface area contributed by atoms with E-state index in [2.05, 4.69) is 43.2 Å². The summed E-state index contributed by atoms with van der Waals surface area (Å²) in [5.74, 6) is -0.0343. The van der Waals surface area contributed by atoms with E-state index >= 15 is 0 Å². The van der Waals surface area contributed by atoms with Gasteiger partial charge in [0.1, 0.15) is 5.01 Å². The molecule has 96 valence electrons. The van der Waals surface area contributed by atoms with Gasteiger partial charge in [0, 0.05) is 19.2 Å². The van der Waals surface area contributed by atoms with E-state index in [1.54, 1.807) is 6.20 Å². The van der Waals surface area contributed by atoms with E-state index in [0.29, 0.717) is 11.6 Å². The first kappa shape index (κ1) is 13.4. The Morgan fingerprint density at radius 3 is 3.00 bits per heavy atom. The number of carbonyl (C=O) groups excluding carboxylic acids is 1. The maximum Gasteiger partial charge on any atom is 0.226 e. The van der Waals surface area contributed by atoms with Crippen LogP contribution in [0.25, 0.3) is 0 Å². The molecule has 2 aromatic heterocycles. The number of halogens is 1. The average molecular weight is 377 g/mol. The number of nitrogens with zero attached hydrogens (tertiary/aromatic N) is 4. The molecule has 0 aliphatic heterocycles. The van der Waals surface area contributed by atoms with Crippen molar-refractivity contribution >= 4 is 45.0 Å². The second-order valence-electron chi connectivity index (χ2n) is 3.70. The maximum atomic E-state index is 11.6. The van der Waals surface area contributed by atoms with Gasteiger partial charge in [0.15, 0.2) is 0 Å². The highest BCUT2D eigenvalue weighted by Gasteiger charge is 2.06. The molecule has 2 rings (SSSR count). The number of hydrogen-bond donors (Lipinski definition) is 1. The number of anilines is 1. The SMILES string of the molecule is Cc1nnc(NC(=O)CCCn2cc(I)cn2)s1. The molecule has 0 fully saturated rings. The summed E-state index contributed by atoms with van der Waals surface area (Å²) in [5.41, 5.74) is 0. The van der Waals surface area contributed by atoms with Gasteiger partial charge in [0.2, 0.25) is 11.0 Å². The molecule has 0 bridgehead atoms. The lowest BCUT2D eigenvalue weighted by Crippen LogP contribution is -2.12. The van der Waals surface area contributed by atoms with Gasteiger partial charge in [-0.1, -0.05) is 11.3 Å². The number of aryl methyl sites for hydroxylation is 2. The zero-order chi connectivity index (χ0) is 13.0. The van der Waals surface area contributed by atoms with Crippen LogP contribution in [-0.2, 0) is 11.3 Å².